The fraction of sp³-hybridized carbons (Fsp3) is 0.636. The second kappa shape index (κ2) is 9.88. The maximum absolute atomic E-state index is 13.2. The molecule has 1 fully saturated rings. The molecule has 0 spiro atoms. The number of piperazine rings is 1. The molecule has 2 heterocycles. The van der Waals surface area contributed by atoms with E-state index in [1.54, 1.807) is 12.0 Å². The highest BCUT2D eigenvalue weighted by molar-refractivity contribution is 6.07. The molecule has 0 bridgehead atoms. The van der Waals surface area contributed by atoms with Crippen molar-refractivity contribution in [2.24, 2.45) is 5.92 Å². The van der Waals surface area contributed by atoms with Crippen molar-refractivity contribution in [2.75, 3.05) is 49.6 Å². The Bertz CT molecular complexity index is 772. The van der Waals surface area contributed by atoms with Crippen molar-refractivity contribution < 1.29 is 19.1 Å². The molecule has 1 aromatic carbocycles. The van der Waals surface area contributed by atoms with Crippen LogP contribution in [0, 0.1) is 5.92 Å². The molecular formula is C22H34ClN3O4. The molecule has 1 aromatic rings. The van der Waals surface area contributed by atoms with Gasteiger partial charge in [-0.3, -0.25) is 9.59 Å². The first-order valence-corrected chi connectivity index (χ1v) is 10.5. The summed E-state index contributed by atoms with van der Waals surface area (Å²) >= 11 is 0. The molecule has 2 aliphatic heterocycles. The summed E-state index contributed by atoms with van der Waals surface area (Å²) < 4.78 is 11.2. The lowest BCUT2D eigenvalue weighted by atomic mass is 9.99. The number of rotatable bonds is 4. The first-order valence-electron chi connectivity index (χ1n) is 10.5. The van der Waals surface area contributed by atoms with Crippen LogP contribution in [-0.4, -0.2) is 57.3 Å². The second-order valence-corrected chi connectivity index (χ2v) is 8.60. The minimum absolute atomic E-state index is 0. The van der Waals surface area contributed by atoms with Gasteiger partial charge in [0, 0.05) is 38.8 Å². The monoisotopic (exact) mass is 439 g/mol. The van der Waals surface area contributed by atoms with Crippen LogP contribution in [-0.2, 0) is 20.7 Å². The van der Waals surface area contributed by atoms with Crippen molar-refractivity contribution in [1.82, 2.24) is 5.32 Å². The van der Waals surface area contributed by atoms with E-state index in [9.17, 15) is 9.59 Å². The maximum atomic E-state index is 13.2. The van der Waals surface area contributed by atoms with E-state index in [1.165, 1.54) is 0 Å². The van der Waals surface area contributed by atoms with Crippen LogP contribution in [0.4, 0.5) is 11.4 Å². The Labute approximate surface area is 185 Å². The Hall–Kier alpha value is -1.99. The fourth-order valence-electron chi connectivity index (χ4n) is 4.02. The summed E-state index contributed by atoms with van der Waals surface area (Å²) in [6, 6.07) is 4.08. The van der Waals surface area contributed by atoms with Gasteiger partial charge in [0.25, 0.3) is 0 Å². The molecule has 1 N–H and O–H groups in total. The van der Waals surface area contributed by atoms with Gasteiger partial charge >= 0.3 is 5.97 Å². The summed E-state index contributed by atoms with van der Waals surface area (Å²) in [6.45, 7) is 11.6. The first kappa shape index (κ1) is 24.3. The standard InChI is InChI=1S/C22H33N3O4.ClH/c1-6-25-17-14-19(28-5)18(24-11-9-23-10-12-24)13-15(17)7-8-16(20(25)26)21(27)29-22(2,3)4;/h13-14,16,23H,6-12H2,1-5H3;1H. The number of hydrogen-bond acceptors (Lipinski definition) is 6. The van der Waals surface area contributed by atoms with Gasteiger partial charge in [-0.05, 0) is 52.2 Å². The highest BCUT2D eigenvalue weighted by Gasteiger charge is 2.37. The molecule has 1 amide bonds. The zero-order chi connectivity index (χ0) is 21.2. The highest BCUT2D eigenvalue weighted by atomic mass is 35.5. The van der Waals surface area contributed by atoms with Gasteiger partial charge in [0.05, 0.1) is 18.5 Å². The van der Waals surface area contributed by atoms with Crippen LogP contribution in [0.2, 0.25) is 0 Å². The zero-order valence-corrected chi connectivity index (χ0v) is 19.4. The van der Waals surface area contributed by atoms with Gasteiger partial charge in [0.2, 0.25) is 5.91 Å². The minimum atomic E-state index is -0.782. The molecule has 2 aliphatic rings. The average Bonchev–Trinajstić information content (AvgIpc) is 2.81. The number of amides is 1. The summed E-state index contributed by atoms with van der Waals surface area (Å²) in [4.78, 5) is 29.9. The van der Waals surface area contributed by atoms with Crippen LogP contribution in [0.5, 0.6) is 5.75 Å². The number of carbonyl (C=O) groups is 2. The van der Waals surface area contributed by atoms with Gasteiger partial charge < -0.3 is 24.6 Å². The predicted molar refractivity (Wildman–Crippen MR) is 121 cm³/mol. The number of aryl methyl sites for hydroxylation is 1. The Balaban J connectivity index is 0.00000320. The van der Waals surface area contributed by atoms with Gasteiger partial charge in [-0.2, -0.15) is 0 Å². The quantitative estimate of drug-likeness (QED) is 0.574. The topological polar surface area (TPSA) is 71.1 Å². The number of anilines is 2. The van der Waals surface area contributed by atoms with Gasteiger partial charge in [0.15, 0.2) is 0 Å². The molecule has 8 heteroatoms. The lowest BCUT2D eigenvalue weighted by molar-refractivity contribution is -0.162. The number of esters is 1. The molecule has 0 radical (unpaired) electrons. The molecule has 1 atom stereocenters. The van der Waals surface area contributed by atoms with Crippen molar-refractivity contribution in [3.63, 3.8) is 0 Å². The van der Waals surface area contributed by atoms with E-state index in [-0.39, 0.29) is 18.3 Å². The Morgan fingerprint density at radius 1 is 1.20 bits per heavy atom. The molecular weight excluding hydrogens is 406 g/mol. The molecule has 0 saturated carbocycles. The number of methoxy groups -OCH3 is 1. The van der Waals surface area contributed by atoms with Crippen molar-refractivity contribution in [3.05, 3.63) is 17.7 Å². The van der Waals surface area contributed by atoms with Gasteiger partial charge in [-0.1, -0.05) is 0 Å². The van der Waals surface area contributed by atoms with E-state index in [4.69, 9.17) is 9.47 Å². The molecule has 7 nitrogen and oxygen atoms in total. The third-order valence-corrected chi connectivity index (χ3v) is 5.40. The number of halogens is 1. The lowest BCUT2D eigenvalue weighted by Crippen LogP contribution is -2.43. The summed E-state index contributed by atoms with van der Waals surface area (Å²) in [5.41, 5.74) is 2.33. The smallest absolute Gasteiger partial charge is 0.319 e. The van der Waals surface area contributed by atoms with Crippen LogP contribution in [0.25, 0.3) is 0 Å². The third kappa shape index (κ3) is 5.19. The van der Waals surface area contributed by atoms with Crippen LogP contribution >= 0.6 is 12.4 Å². The van der Waals surface area contributed by atoms with Crippen LogP contribution < -0.4 is 19.9 Å². The zero-order valence-electron chi connectivity index (χ0n) is 18.6. The molecule has 1 unspecified atom stereocenters. The Kier molecular flexibility index (Phi) is 7.99. The van der Waals surface area contributed by atoms with Gasteiger partial charge in [-0.25, -0.2) is 0 Å². The summed E-state index contributed by atoms with van der Waals surface area (Å²) in [7, 11) is 1.66. The van der Waals surface area contributed by atoms with Crippen LogP contribution in [0.15, 0.2) is 12.1 Å². The van der Waals surface area contributed by atoms with E-state index in [0.29, 0.717) is 19.4 Å². The highest BCUT2D eigenvalue weighted by Crippen LogP contribution is 2.39. The number of nitrogens with one attached hydrogen (secondary N) is 1. The number of benzene rings is 1. The lowest BCUT2D eigenvalue weighted by Gasteiger charge is -2.32. The summed E-state index contributed by atoms with van der Waals surface area (Å²) in [6.07, 6.45) is 1.09. The largest absolute Gasteiger partial charge is 0.495 e. The fourth-order valence-corrected chi connectivity index (χ4v) is 4.02. The SMILES string of the molecule is CCN1C(=O)C(C(=O)OC(C)(C)C)CCc2cc(N3CCNCC3)c(OC)cc21.Cl. The van der Waals surface area contributed by atoms with E-state index in [2.05, 4.69) is 16.3 Å². The van der Waals surface area contributed by atoms with Crippen LogP contribution in [0.1, 0.15) is 39.7 Å². The number of hydrogen-bond donors (Lipinski definition) is 1. The van der Waals surface area contributed by atoms with Gasteiger partial charge in [0.1, 0.15) is 17.3 Å². The molecule has 0 aliphatic carbocycles. The molecule has 1 saturated heterocycles. The number of ether oxygens (including phenoxy) is 2. The third-order valence-electron chi connectivity index (χ3n) is 5.40. The van der Waals surface area contributed by atoms with E-state index >= 15 is 0 Å². The minimum Gasteiger partial charge on any atom is -0.495 e. The van der Waals surface area contributed by atoms with Gasteiger partial charge in [-0.15, -0.1) is 12.4 Å². The second-order valence-electron chi connectivity index (χ2n) is 8.60. The predicted octanol–water partition coefficient (Wildman–Crippen LogP) is 2.78. The molecule has 30 heavy (non-hydrogen) atoms. The molecule has 168 valence electrons. The van der Waals surface area contributed by atoms with Crippen LogP contribution in [0.3, 0.4) is 0 Å². The van der Waals surface area contributed by atoms with E-state index < -0.39 is 17.5 Å². The normalized spacial score (nSPS) is 19.5. The molecule has 0 aromatic heterocycles. The van der Waals surface area contributed by atoms with E-state index in [1.807, 2.05) is 33.8 Å². The first-order chi connectivity index (χ1) is 13.7. The number of carbonyl (C=O) groups excluding carboxylic acids is 2. The summed E-state index contributed by atoms with van der Waals surface area (Å²) in [5, 5.41) is 3.37. The van der Waals surface area contributed by atoms with Crippen molar-refractivity contribution in [1.29, 1.82) is 0 Å². The molecule has 3 rings (SSSR count). The Morgan fingerprint density at radius 3 is 2.43 bits per heavy atom. The number of fused-ring (bicyclic) bond motifs is 1. The van der Waals surface area contributed by atoms with Crippen molar-refractivity contribution in [3.8, 4) is 5.75 Å². The maximum Gasteiger partial charge on any atom is 0.319 e. The summed E-state index contributed by atoms with van der Waals surface area (Å²) in [5.74, 6) is -0.664. The van der Waals surface area contributed by atoms with Crippen molar-refractivity contribution in [2.45, 2.75) is 46.1 Å². The van der Waals surface area contributed by atoms with Crippen molar-refractivity contribution >= 4 is 35.7 Å². The Morgan fingerprint density at radius 2 is 1.87 bits per heavy atom. The number of nitrogens with zero attached hydrogens (tertiary/aromatic N) is 2. The van der Waals surface area contributed by atoms with E-state index in [0.717, 1.165) is 48.9 Å². The average molecular weight is 440 g/mol.